The minimum absolute atomic E-state index is 0.0488. The number of phenolic OH excluding ortho intramolecular Hbond substituents is 2. The summed E-state index contributed by atoms with van der Waals surface area (Å²) in [5.74, 6) is -2.32. The van der Waals surface area contributed by atoms with Crippen molar-refractivity contribution in [1.29, 1.82) is 0 Å². The van der Waals surface area contributed by atoms with E-state index in [1.54, 1.807) is 18.2 Å². The van der Waals surface area contributed by atoms with Crippen LogP contribution in [0.3, 0.4) is 0 Å². The van der Waals surface area contributed by atoms with E-state index in [0.29, 0.717) is 28.7 Å². The van der Waals surface area contributed by atoms with Crippen LogP contribution < -0.4 is 0 Å². The van der Waals surface area contributed by atoms with Crippen molar-refractivity contribution in [3.05, 3.63) is 71.3 Å². The topological polar surface area (TPSA) is 115 Å². The molecular weight excluding hydrogens is 360 g/mol. The first-order valence-corrected chi connectivity index (χ1v) is 8.58. The van der Waals surface area contributed by atoms with Gasteiger partial charge in [-0.1, -0.05) is 25.1 Å². The summed E-state index contributed by atoms with van der Waals surface area (Å²) in [6, 6.07) is 13.2. The third kappa shape index (κ3) is 3.53. The van der Waals surface area contributed by atoms with Crippen LogP contribution in [0.4, 0.5) is 0 Å². The number of benzene rings is 3. The third-order valence-electron chi connectivity index (χ3n) is 4.55. The van der Waals surface area contributed by atoms with Crippen molar-refractivity contribution in [3.63, 3.8) is 0 Å². The number of phenols is 2. The average molecular weight is 378 g/mol. The number of carboxylic acids is 2. The van der Waals surface area contributed by atoms with Crippen LogP contribution in [0.15, 0.2) is 54.6 Å². The molecular formula is C22H18O6. The highest BCUT2D eigenvalue weighted by atomic mass is 16.4. The fraction of sp³-hybridized carbons (Fsp3) is 0.0909. The van der Waals surface area contributed by atoms with E-state index >= 15 is 0 Å². The molecule has 3 aromatic carbocycles. The summed E-state index contributed by atoms with van der Waals surface area (Å²) in [6.45, 7) is 1.90. The Bertz CT molecular complexity index is 1080. The molecule has 0 heterocycles. The van der Waals surface area contributed by atoms with Crippen molar-refractivity contribution < 1.29 is 30.0 Å². The SMILES string of the molecule is CCc1cc(-c2cc(O)ccc2C(=O)O)ccc1-c1cc(O)ccc1C(=O)O. The number of aromatic carboxylic acids is 2. The molecule has 0 aliphatic heterocycles. The average Bonchev–Trinajstić information content (AvgIpc) is 2.66. The summed E-state index contributed by atoms with van der Waals surface area (Å²) in [5.41, 5.74) is 2.86. The van der Waals surface area contributed by atoms with Gasteiger partial charge < -0.3 is 20.4 Å². The molecule has 0 spiro atoms. The lowest BCUT2D eigenvalue weighted by Gasteiger charge is -2.15. The van der Waals surface area contributed by atoms with Crippen molar-refractivity contribution in [3.8, 4) is 33.8 Å². The smallest absolute Gasteiger partial charge is 0.336 e. The second-order valence-corrected chi connectivity index (χ2v) is 6.30. The predicted molar refractivity (Wildman–Crippen MR) is 104 cm³/mol. The highest BCUT2D eigenvalue weighted by molar-refractivity contribution is 5.98. The molecule has 28 heavy (non-hydrogen) atoms. The maximum absolute atomic E-state index is 11.6. The van der Waals surface area contributed by atoms with Gasteiger partial charge in [0.25, 0.3) is 0 Å². The Balaban J connectivity index is 2.22. The number of carboxylic acid groups (broad SMARTS) is 2. The number of aryl methyl sites for hydroxylation is 1. The predicted octanol–water partition coefficient (Wildman–Crippen LogP) is 4.39. The number of hydrogen-bond donors (Lipinski definition) is 4. The van der Waals surface area contributed by atoms with Gasteiger partial charge in [0.05, 0.1) is 11.1 Å². The van der Waals surface area contributed by atoms with Crippen molar-refractivity contribution in [1.82, 2.24) is 0 Å². The van der Waals surface area contributed by atoms with Crippen molar-refractivity contribution in [2.45, 2.75) is 13.3 Å². The lowest BCUT2D eigenvalue weighted by Crippen LogP contribution is -2.02. The Morgan fingerprint density at radius 3 is 1.79 bits per heavy atom. The van der Waals surface area contributed by atoms with Crippen LogP contribution in [0.25, 0.3) is 22.3 Å². The van der Waals surface area contributed by atoms with Gasteiger partial charge in [-0.25, -0.2) is 9.59 Å². The van der Waals surface area contributed by atoms with Gasteiger partial charge in [0, 0.05) is 5.56 Å². The molecule has 0 aromatic heterocycles. The van der Waals surface area contributed by atoms with E-state index in [-0.39, 0.29) is 22.6 Å². The number of hydrogen-bond acceptors (Lipinski definition) is 4. The minimum atomic E-state index is -1.11. The van der Waals surface area contributed by atoms with Crippen molar-refractivity contribution in [2.75, 3.05) is 0 Å². The summed E-state index contributed by atoms with van der Waals surface area (Å²) < 4.78 is 0. The molecule has 0 radical (unpaired) electrons. The number of carbonyl (C=O) groups is 2. The second-order valence-electron chi connectivity index (χ2n) is 6.30. The summed E-state index contributed by atoms with van der Waals surface area (Å²) in [5, 5.41) is 38.5. The molecule has 4 N–H and O–H groups in total. The van der Waals surface area contributed by atoms with Gasteiger partial charge in [0.2, 0.25) is 0 Å². The van der Waals surface area contributed by atoms with Crippen LogP contribution in [0, 0.1) is 0 Å². The normalized spacial score (nSPS) is 10.6. The van der Waals surface area contributed by atoms with E-state index in [0.717, 1.165) is 5.56 Å². The van der Waals surface area contributed by atoms with Crippen molar-refractivity contribution in [2.24, 2.45) is 0 Å². The molecule has 0 aliphatic rings. The van der Waals surface area contributed by atoms with E-state index in [2.05, 4.69) is 0 Å². The molecule has 0 aliphatic carbocycles. The van der Waals surface area contributed by atoms with Gasteiger partial charge in [-0.3, -0.25) is 0 Å². The zero-order valence-electron chi connectivity index (χ0n) is 15.0. The molecule has 0 unspecified atom stereocenters. The summed E-state index contributed by atoms with van der Waals surface area (Å²) >= 11 is 0. The highest BCUT2D eigenvalue weighted by Gasteiger charge is 2.17. The van der Waals surface area contributed by atoms with Crippen LogP contribution in [0.5, 0.6) is 11.5 Å². The standard InChI is InChI=1S/C22H18O6/c1-2-12-9-13(19-10-14(23)4-7-17(19)21(25)26)3-6-16(12)20-11-15(24)5-8-18(20)22(27)28/h3-11,23-24H,2H2,1H3,(H,25,26)(H,27,28). The molecule has 3 aromatic rings. The van der Waals surface area contributed by atoms with Crippen LogP contribution in [-0.2, 0) is 6.42 Å². The Morgan fingerprint density at radius 1 is 0.714 bits per heavy atom. The largest absolute Gasteiger partial charge is 0.508 e. The van der Waals surface area contributed by atoms with E-state index in [4.69, 9.17) is 0 Å². The minimum Gasteiger partial charge on any atom is -0.508 e. The van der Waals surface area contributed by atoms with Crippen LogP contribution in [-0.4, -0.2) is 32.4 Å². The van der Waals surface area contributed by atoms with E-state index in [9.17, 15) is 30.0 Å². The van der Waals surface area contributed by atoms with E-state index < -0.39 is 11.9 Å². The Hall–Kier alpha value is -3.80. The Kier molecular flexibility index (Phi) is 5.04. The van der Waals surface area contributed by atoms with Gasteiger partial charge >= 0.3 is 11.9 Å². The third-order valence-corrected chi connectivity index (χ3v) is 4.55. The zero-order chi connectivity index (χ0) is 20.4. The molecule has 0 saturated heterocycles. The number of rotatable bonds is 5. The quantitative estimate of drug-likeness (QED) is 0.523. The maximum atomic E-state index is 11.6. The lowest BCUT2D eigenvalue weighted by molar-refractivity contribution is 0.0686. The summed E-state index contributed by atoms with van der Waals surface area (Å²) in [6.07, 6.45) is 0.555. The Labute approximate surface area is 161 Å². The lowest BCUT2D eigenvalue weighted by atomic mass is 9.90. The fourth-order valence-electron chi connectivity index (χ4n) is 3.22. The van der Waals surface area contributed by atoms with Gasteiger partial charge in [0.15, 0.2) is 0 Å². The Morgan fingerprint density at radius 2 is 1.25 bits per heavy atom. The maximum Gasteiger partial charge on any atom is 0.336 e. The second kappa shape index (κ2) is 7.44. The fourth-order valence-corrected chi connectivity index (χ4v) is 3.22. The van der Waals surface area contributed by atoms with Crippen molar-refractivity contribution >= 4 is 11.9 Å². The van der Waals surface area contributed by atoms with Crippen LogP contribution in [0.1, 0.15) is 33.2 Å². The molecule has 6 heteroatoms. The van der Waals surface area contributed by atoms with Gasteiger partial charge in [-0.15, -0.1) is 0 Å². The molecule has 0 fully saturated rings. The van der Waals surface area contributed by atoms with E-state index in [1.807, 2.05) is 6.92 Å². The molecule has 142 valence electrons. The first kappa shape index (κ1) is 19.0. The van der Waals surface area contributed by atoms with Gasteiger partial charge in [-0.05, 0) is 65.1 Å². The molecule has 0 bridgehead atoms. The molecule has 6 nitrogen and oxygen atoms in total. The highest BCUT2D eigenvalue weighted by Crippen LogP contribution is 2.35. The molecule has 0 amide bonds. The molecule has 0 atom stereocenters. The van der Waals surface area contributed by atoms with Crippen LogP contribution >= 0.6 is 0 Å². The molecule has 3 rings (SSSR count). The van der Waals surface area contributed by atoms with Gasteiger partial charge in [-0.2, -0.15) is 0 Å². The first-order valence-electron chi connectivity index (χ1n) is 8.58. The van der Waals surface area contributed by atoms with E-state index in [1.165, 1.54) is 36.4 Å². The zero-order valence-corrected chi connectivity index (χ0v) is 15.0. The monoisotopic (exact) mass is 378 g/mol. The number of aromatic hydroxyl groups is 2. The molecule has 0 saturated carbocycles. The van der Waals surface area contributed by atoms with Crippen LogP contribution in [0.2, 0.25) is 0 Å². The summed E-state index contributed by atoms with van der Waals surface area (Å²) in [7, 11) is 0. The summed E-state index contributed by atoms with van der Waals surface area (Å²) in [4.78, 5) is 23.1. The van der Waals surface area contributed by atoms with Gasteiger partial charge in [0.1, 0.15) is 11.5 Å². The first-order chi connectivity index (χ1) is 13.3.